The Hall–Kier alpha value is -2.39. The Bertz CT molecular complexity index is 825. The predicted octanol–water partition coefficient (Wildman–Crippen LogP) is 4.13. The van der Waals surface area contributed by atoms with Crippen LogP contribution in [0.4, 0.5) is 0 Å². The summed E-state index contributed by atoms with van der Waals surface area (Å²) < 4.78 is 5.26. The fraction of sp³-hybridized carbons (Fsp3) is 0.0588. The summed E-state index contributed by atoms with van der Waals surface area (Å²) in [7, 11) is 1.53. The van der Waals surface area contributed by atoms with Gasteiger partial charge in [0.05, 0.1) is 18.2 Å². The Morgan fingerprint density at radius 2 is 1.95 bits per heavy atom. The molecule has 0 aliphatic rings. The molecule has 3 rings (SSSR count). The third-order valence-electron chi connectivity index (χ3n) is 3.30. The number of methoxy groups -OCH3 is 1. The van der Waals surface area contributed by atoms with Gasteiger partial charge in [0.2, 0.25) is 0 Å². The number of aromatic nitrogens is 1. The van der Waals surface area contributed by atoms with Crippen molar-refractivity contribution >= 4 is 28.3 Å². The Morgan fingerprint density at radius 1 is 1.10 bits per heavy atom. The number of pyridine rings is 1. The Labute approximate surface area is 127 Å². The van der Waals surface area contributed by atoms with E-state index in [1.807, 2.05) is 24.3 Å². The first-order valence-corrected chi connectivity index (χ1v) is 6.80. The average molecular weight is 298 g/mol. The van der Waals surface area contributed by atoms with Crippen LogP contribution in [0.25, 0.3) is 10.9 Å². The third-order valence-corrected chi connectivity index (χ3v) is 3.53. The molecule has 21 heavy (non-hydrogen) atoms. The van der Waals surface area contributed by atoms with Crippen LogP contribution in [-0.2, 0) is 0 Å². The number of fused-ring (bicyclic) bond motifs is 1. The van der Waals surface area contributed by atoms with Gasteiger partial charge in [-0.05, 0) is 30.3 Å². The summed E-state index contributed by atoms with van der Waals surface area (Å²) in [6.45, 7) is 0. The van der Waals surface area contributed by atoms with Crippen LogP contribution in [0, 0.1) is 0 Å². The molecule has 3 aromatic rings. The zero-order valence-electron chi connectivity index (χ0n) is 11.3. The number of ether oxygens (including phenoxy) is 1. The van der Waals surface area contributed by atoms with E-state index in [2.05, 4.69) is 4.98 Å². The average Bonchev–Trinajstić information content (AvgIpc) is 2.53. The van der Waals surface area contributed by atoms with Gasteiger partial charge in [0.15, 0.2) is 5.78 Å². The first kappa shape index (κ1) is 13.6. The highest BCUT2D eigenvalue weighted by atomic mass is 35.5. The highest BCUT2D eigenvalue weighted by molar-refractivity contribution is 6.31. The predicted molar refractivity (Wildman–Crippen MR) is 83.2 cm³/mol. The molecule has 0 aliphatic heterocycles. The standard InChI is InChI=1S/C17H12ClNO2/c1-21-16-8-7-11(18)10-14(16)17(20)13-4-2-6-15-12(13)5-3-9-19-15/h2-10H,1H3. The summed E-state index contributed by atoms with van der Waals surface area (Å²) in [4.78, 5) is 17.1. The van der Waals surface area contributed by atoms with Crippen molar-refractivity contribution in [3.8, 4) is 5.75 Å². The quantitative estimate of drug-likeness (QED) is 0.682. The van der Waals surface area contributed by atoms with Crippen LogP contribution < -0.4 is 4.74 Å². The van der Waals surface area contributed by atoms with E-state index in [0.29, 0.717) is 21.9 Å². The monoisotopic (exact) mass is 297 g/mol. The van der Waals surface area contributed by atoms with Crippen molar-refractivity contribution < 1.29 is 9.53 Å². The van der Waals surface area contributed by atoms with Crippen molar-refractivity contribution in [2.75, 3.05) is 7.11 Å². The van der Waals surface area contributed by atoms with E-state index in [9.17, 15) is 4.79 Å². The van der Waals surface area contributed by atoms with Gasteiger partial charge in [-0.1, -0.05) is 29.8 Å². The fourth-order valence-corrected chi connectivity index (χ4v) is 2.48. The lowest BCUT2D eigenvalue weighted by Gasteiger charge is -2.09. The smallest absolute Gasteiger partial charge is 0.197 e. The molecule has 0 amide bonds. The summed E-state index contributed by atoms with van der Waals surface area (Å²) in [5, 5.41) is 1.31. The Morgan fingerprint density at radius 3 is 2.76 bits per heavy atom. The molecule has 3 nitrogen and oxygen atoms in total. The number of carbonyl (C=O) groups is 1. The van der Waals surface area contributed by atoms with Crippen LogP contribution in [0.5, 0.6) is 5.75 Å². The fourth-order valence-electron chi connectivity index (χ4n) is 2.30. The van der Waals surface area contributed by atoms with Crippen molar-refractivity contribution in [3.63, 3.8) is 0 Å². The molecule has 0 unspecified atom stereocenters. The zero-order chi connectivity index (χ0) is 14.8. The van der Waals surface area contributed by atoms with Crippen LogP contribution in [0.3, 0.4) is 0 Å². The van der Waals surface area contributed by atoms with E-state index in [-0.39, 0.29) is 5.78 Å². The molecule has 0 fully saturated rings. The number of ketones is 1. The number of rotatable bonds is 3. The van der Waals surface area contributed by atoms with Gasteiger partial charge in [0, 0.05) is 22.2 Å². The second-order valence-electron chi connectivity index (χ2n) is 4.55. The molecule has 0 saturated carbocycles. The van der Waals surface area contributed by atoms with Gasteiger partial charge in [0.25, 0.3) is 0 Å². The van der Waals surface area contributed by atoms with Gasteiger partial charge in [-0.2, -0.15) is 0 Å². The normalized spacial score (nSPS) is 10.6. The molecular formula is C17H12ClNO2. The number of carbonyl (C=O) groups excluding carboxylic acids is 1. The molecular weight excluding hydrogens is 286 g/mol. The zero-order valence-corrected chi connectivity index (χ0v) is 12.1. The summed E-state index contributed by atoms with van der Waals surface area (Å²) in [5.74, 6) is 0.373. The Balaban J connectivity index is 2.20. The maximum Gasteiger partial charge on any atom is 0.197 e. The van der Waals surface area contributed by atoms with Crippen molar-refractivity contribution in [1.82, 2.24) is 4.98 Å². The minimum Gasteiger partial charge on any atom is -0.496 e. The highest BCUT2D eigenvalue weighted by Gasteiger charge is 2.17. The van der Waals surface area contributed by atoms with E-state index >= 15 is 0 Å². The molecule has 1 aromatic heterocycles. The number of nitrogens with zero attached hydrogens (tertiary/aromatic N) is 1. The van der Waals surface area contributed by atoms with Gasteiger partial charge < -0.3 is 4.74 Å². The molecule has 0 radical (unpaired) electrons. The van der Waals surface area contributed by atoms with Gasteiger partial charge in [-0.3, -0.25) is 9.78 Å². The van der Waals surface area contributed by atoms with Crippen LogP contribution >= 0.6 is 11.6 Å². The van der Waals surface area contributed by atoms with E-state index < -0.39 is 0 Å². The topological polar surface area (TPSA) is 39.2 Å². The molecule has 0 aliphatic carbocycles. The van der Waals surface area contributed by atoms with Crippen LogP contribution in [0.2, 0.25) is 5.02 Å². The van der Waals surface area contributed by atoms with Crippen molar-refractivity contribution in [1.29, 1.82) is 0 Å². The molecule has 0 N–H and O–H groups in total. The molecule has 4 heteroatoms. The minimum atomic E-state index is -0.132. The molecule has 1 heterocycles. The van der Waals surface area contributed by atoms with E-state index in [4.69, 9.17) is 16.3 Å². The SMILES string of the molecule is COc1ccc(Cl)cc1C(=O)c1cccc2ncccc12. The summed E-state index contributed by atoms with van der Waals surface area (Å²) in [5.41, 5.74) is 1.81. The first-order chi connectivity index (χ1) is 10.2. The number of hydrogen-bond donors (Lipinski definition) is 0. The minimum absolute atomic E-state index is 0.132. The second kappa shape index (κ2) is 5.54. The Kier molecular flexibility index (Phi) is 3.59. The summed E-state index contributed by atoms with van der Waals surface area (Å²) in [6, 6.07) is 14.2. The summed E-state index contributed by atoms with van der Waals surface area (Å²) >= 11 is 6.00. The van der Waals surface area contributed by atoms with E-state index in [1.165, 1.54) is 7.11 Å². The molecule has 0 spiro atoms. The van der Waals surface area contributed by atoms with Gasteiger partial charge in [0.1, 0.15) is 5.75 Å². The van der Waals surface area contributed by atoms with E-state index in [0.717, 1.165) is 10.9 Å². The highest BCUT2D eigenvalue weighted by Crippen LogP contribution is 2.27. The number of halogens is 1. The van der Waals surface area contributed by atoms with E-state index in [1.54, 1.807) is 30.5 Å². The van der Waals surface area contributed by atoms with Crippen LogP contribution in [0.15, 0.2) is 54.7 Å². The maximum absolute atomic E-state index is 12.8. The molecule has 2 aromatic carbocycles. The number of benzene rings is 2. The number of hydrogen-bond acceptors (Lipinski definition) is 3. The molecule has 104 valence electrons. The second-order valence-corrected chi connectivity index (χ2v) is 4.99. The van der Waals surface area contributed by atoms with Crippen molar-refractivity contribution in [2.24, 2.45) is 0 Å². The summed E-state index contributed by atoms with van der Waals surface area (Å²) in [6.07, 6.45) is 1.70. The molecule has 0 atom stereocenters. The first-order valence-electron chi connectivity index (χ1n) is 6.42. The lowest BCUT2D eigenvalue weighted by atomic mass is 9.98. The van der Waals surface area contributed by atoms with Crippen LogP contribution in [-0.4, -0.2) is 17.9 Å². The van der Waals surface area contributed by atoms with Gasteiger partial charge in [-0.25, -0.2) is 0 Å². The largest absolute Gasteiger partial charge is 0.496 e. The molecule has 0 saturated heterocycles. The molecule has 0 bridgehead atoms. The maximum atomic E-state index is 12.8. The third kappa shape index (κ3) is 2.48. The van der Waals surface area contributed by atoms with Crippen molar-refractivity contribution in [3.05, 3.63) is 70.9 Å². The van der Waals surface area contributed by atoms with Crippen LogP contribution in [0.1, 0.15) is 15.9 Å². The lowest BCUT2D eigenvalue weighted by molar-refractivity contribution is 0.103. The lowest BCUT2D eigenvalue weighted by Crippen LogP contribution is -2.05. The van der Waals surface area contributed by atoms with Gasteiger partial charge in [-0.15, -0.1) is 0 Å². The van der Waals surface area contributed by atoms with Gasteiger partial charge >= 0.3 is 0 Å². The van der Waals surface area contributed by atoms with Crippen molar-refractivity contribution in [2.45, 2.75) is 0 Å².